The highest BCUT2D eigenvalue weighted by Crippen LogP contribution is 2.37. The minimum atomic E-state index is -0.615. The third-order valence-corrected chi connectivity index (χ3v) is 6.48. The number of rotatable bonds is 12. The second kappa shape index (κ2) is 12.3. The summed E-state index contributed by atoms with van der Waals surface area (Å²) in [5.41, 5.74) is -0.615. The molecule has 12 heteroatoms. The summed E-state index contributed by atoms with van der Waals surface area (Å²) < 4.78 is 11.5. The number of aryl methyl sites for hydroxylation is 1. The number of aliphatic imine (C=N–C) groups is 1. The van der Waals surface area contributed by atoms with Gasteiger partial charge in [-0.3, -0.25) is 5.21 Å². The van der Waals surface area contributed by atoms with Gasteiger partial charge in [0.15, 0.2) is 0 Å². The lowest BCUT2D eigenvalue weighted by Crippen LogP contribution is -2.44. The highest BCUT2D eigenvalue weighted by Gasteiger charge is 2.46. The smallest absolute Gasteiger partial charge is 0.410 e. The normalized spacial score (nSPS) is 20.3. The van der Waals surface area contributed by atoms with Crippen molar-refractivity contribution in [3.05, 3.63) is 11.8 Å². The number of aromatic nitrogens is 2. The maximum Gasteiger partial charge on any atom is 0.410 e. The van der Waals surface area contributed by atoms with Crippen molar-refractivity contribution in [1.82, 2.24) is 25.1 Å². The van der Waals surface area contributed by atoms with Gasteiger partial charge in [-0.1, -0.05) is 13.3 Å². The van der Waals surface area contributed by atoms with E-state index in [1.165, 1.54) is 0 Å². The Kier molecular flexibility index (Phi) is 9.44. The summed E-state index contributed by atoms with van der Waals surface area (Å²) >= 11 is 0. The number of hydrogen-bond acceptors (Lipinski definition) is 9. The van der Waals surface area contributed by atoms with Crippen molar-refractivity contribution in [1.29, 1.82) is 0 Å². The lowest BCUT2D eigenvalue weighted by molar-refractivity contribution is -0.0584. The van der Waals surface area contributed by atoms with Crippen LogP contribution in [0, 0.1) is 0 Å². The highest BCUT2D eigenvalue weighted by molar-refractivity contribution is 5.76. The zero-order chi connectivity index (χ0) is 26.3. The molecule has 2 aliphatic heterocycles. The van der Waals surface area contributed by atoms with Gasteiger partial charge in [0.05, 0.1) is 12.6 Å². The van der Waals surface area contributed by atoms with Gasteiger partial charge in [-0.05, 0) is 59.3 Å². The molecule has 3 rings (SSSR count). The predicted molar refractivity (Wildman–Crippen MR) is 128 cm³/mol. The first-order valence-electron chi connectivity index (χ1n) is 12.8. The molecule has 0 spiro atoms. The van der Waals surface area contributed by atoms with Crippen molar-refractivity contribution in [2.75, 3.05) is 19.6 Å². The Morgan fingerprint density at radius 2 is 2.08 bits per heavy atom. The van der Waals surface area contributed by atoms with Crippen LogP contribution in [0.2, 0.25) is 0 Å². The van der Waals surface area contributed by atoms with E-state index in [0.29, 0.717) is 69.9 Å². The van der Waals surface area contributed by atoms with E-state index in [2.05, 4.69) is 22.1 Å². The number of nitrogens with zero attached hydrogens (tertiary/aromatic N) is 6. The number of carbonyl (C=O) groups excluding carboxylic acids is 3. The first kappa shape index (κ1) is 27.6. The molecule has 0 aliphatic carbocycles. The molecule has 1 aromatic rings. The fourth-order valence-electron chi connectivity index (χ4n) is 4.76. The standard InChI is InChI=1S/C24H38N6O6/c1-5-8-17(12-13-25-16-31)28(23(33)36-24(2,3)4)14-7-6-9-20-26-27-21(35-20)19-11-10-18-15-29(19)22(32)30(18)34/h17-19,34H,5-15H2,1-4H3/t17?,18?,19-/m0/s1. The highest BCUT2D eigenvalue weighted by atomic mass is 16.6. The molecule has 2 aliphatic rings. The Bertz CT molecular complexity index is 940. The second-order valence-electron chi connectivity index (χ2n) is 10.4. The number of piperidine rings is 1. The van der Waals surface area contributed by atoms with Gasteiger partial charge in [0.25, 0.3) is 0 Å². The molecule has 36 heavy (non-hydrogen) atoms. The maximum absolute atomic E-state index is 13.0. The van der Waals surface area contributed by atoms with Gasteiger partial charge in [-0.15, -0.1) is 10.2 Å². The van der Waals surface area contributed by atoms with Gasteiger partial charge >= 0.3 is 12.1 Å². The van der Waals surface area contributed by atoms with Crippen molar-refractivity contribution < 1.29 is 28.7 Å². The molecule has 3 atom stereocenters. The van der Waals surface area contributed by atoms with Crippen LogP contribution in [0.15, 0.2) is 9.41 Å². The molecule has 0 radical (unpaired) electrons. The van der Waals surface area contributed by atoms with Gasteiger partial charge < -0.3 is 19.0 Å². The van der Waals surface area contributed by atoms with Crippen molar-refractivity contribution >= 4 is 18.2 Å². The topological polar surface area (TPSA) is 142 Å². The van der Waals surface area contributed by atoms with Gasteiger partial charge in [0.1, 0.15) is 11.6 Å². The summed E-state index contributed by atoms with van der Waals surface area (Å²) in [6.45, 7) is 8.82. The molecule has 2 fully saturated rings. The number of isocyanates is 1. The van der Waals surface area contributed by atoms with Gasteiger partial charge in [-0.25, -0.2) is 24.4 Å². The average Bonchev–Trinajstić information content (AvgIpc) is 3.37. The average molecular weight is 507 g/mol. The molecule has 0 saturated carbocycles. The molecule has 1 N–H and O–H groups in total. The lowest BCUT2D eigenvalue weighted by Gasteiger charge is -2.33. The first-order valence-corrected chi connectivity index (χ1v) is 12.8. The number of hydrogen-bond donors (Lipinski definition) is 1. The third-order valence-electron chi connectivity index (χ3n) is 6.48. The van der Waals surface area contributed by atoms with Crippen LogP contribution in [0.3, 0.4) is 0 Å². The minimum Gasteiger partial charge on any atom is -0.444 e. The number of ether oxygens (including phenoxy) is 1. The summed E-state index contributed by atoms with van der Waals surface area (Å²) in [7, 11) is 0. The molecule has 1 aromatic heterocycles. The molecule has 0 aromatic carbocycles. The van der Waals surface area contributed by atoms with Crippen LogP contribution >= 0.6 is 0 Å². The summed E-state index contributed by atoms with van der Waals surface area (Å²) in [5.74, 6) is 0.870. The zero-order valence-corrected chi connectivity index (χ0v) is 21.7. The van der Waals surface area contributed by atoms with Crippen LogP contribution in [-0.2, 0) is 16.0 Å². The molecule has 3 heterocycles. The van der Waals surface area contributed by atoms with E-state index in [1.54, 1.807) is 15.9 Å². The second-order valence-corrected chi connectivity index (χ2v) is 10.4. The minimum absolute atomic E-state index is 0.0869. The summed E-state index contributed by atoms with van der Waals surface area (Å²) in [4.78, 5) is 42.7. The van der Waals surface area contributed by atoms with E-state index in [4.69, 9.17) is 9.15 Å². The fraction of sp³-hybridized carbons (Fsp3) is 0.792. The van der Waals surface area contributed by atoms with Crippen LogP contribution in [0.1, 0.15) is 90.5 Å². The fourth-order valence-corrected chi connectivity index (χ4v) is 4.76. The Labute approximate surface area is 211 Å². The number of unbranched alkanes of at least 4 members (excludes halogenated alkanes) is 1. The quantitative estimate of drug-likeness (QED) is 0.195. The Morgan fingerprint density at radius 3 is 2.78 bits per heavy atom. The van der Waals surface area contributed by atoms with Crippen molar-refractivity contribution in [2.24, 2.45) is 4.99 Å². The molecule has 12 nitrogen and oxygen atoms in total. The number of amides is 3. The summed E-state index contributed by atoms with van der Waals surface area (Å²) in [5, 5.41) is 19.0. The van der Waals surface area contributed by atoms with Gasteiger partial charge in [-0.2, -0.15) is 0 Å². The van der Waals surface area contributed by atoms with E-state index in [1.807, 2.05) is 20.8 Å². The van der Waals surface area contributed by atoms with Crippen molar-refractivity contribution in [3.63, 3.8) is 0 Å². The molecule has 200 valence electrons. The Balaban J connectivity index is 1.56. The Morgan fingerprint density at radius 1 is 1.31 bits per heavy atom. The van der Waals surface area contributed by atoms with E-state index in [9.17, 15) is 19.6 Å². The van der Waals surface area contributed by atoms with Crippen molar-refractivity contribution in [3.8, 4) is 0 Å². The van der Waals surface area contributed by atoms with Crippen molar-refractivity contribution in [2.45, 2.75) is 103 Å². The molecule has 2 saturated heterocycles. The first-order chi connectivity index (χ1) is 17.1. The zero-order valence-electron chi connectivity index (χ0n) is 21.7. The SMILES string of the molecule is CCCC(CCN=C=O)N(CCCCc1nnc([C@@H]2CCC3CN2C(=O)N3O)o1)C(=O)OC(C)(C)C. The largest absolute Gasteiger partial charge is 0.444 e. The van der Waals surface area contributed by atoms with E-state index >= 15 is 0 Å². The van der Waals surface area contributed by atoms with E-state index in [-0.39, 0.29) is 24.2 Å². The number of hydroxylamine groups is 2. The number of urea groups is 1. The van der Waals surface area contributed by atoms with Gasteiger partial charge in [0, 0.05) is 25.6 Å². The summed E-state index contributed by atoms with van der Waals surface area (Å²) in [6, 6.07) is -1.01. The van der Waals surface area contributed by atoms with Crippen LogP contribution in [0.25, 0.3) is 0 Å². The lowest BCUT2D eigenvalue weighted by atomic mass is 10.0. The van der Waals surface area contributed by atoms with E-state index in [0.717, 1.165) is 17.9 Å². The van der Waals surface area contributed by atoms with E-state index < -0.39 is 11.6 Å². The molecule has 2 bridgehead atoms. The molecule has 2 unspecified atom stereocenters. The maximum atomic E-state index is 13.0. The van der Waals surface area contributed by atoms with Crippen LogP contribution in [0.5, 0.6) is 0 Å². The van der Waals surface area contributed by atoms with Crippen LogP contribution in [0.4, 0.5) is 9.59 Å². The molecular formula is C24H38N6O6. The van der Waals surface area contributed by atoms with Crippen LogP contribution in [-0.4, -0.2) is 85.8 Å². The summed E-state index contributed by atoms with van der Waals surface area (Å²) in [6.07, 6.45) is 6.71. The van der Waals surface area contributed by atoms with Gasteiger partial charge in [0.2, 0.25) is 17.9 Å². The molecule has 3 amide bonds. The third kappa shape index (κ3) is 7.04. The molecular weight excluding hydrogens is 468 g/mol. The van der Waals surface area contributed by atoms with Crippen LogP contribution < -0.4 is 0 Å². The number of fused-ring (bicyclic) bond motifs is 2. The predicted octanol–water partition coefficient (Wildman–Crippen LogP) is 3.85. The monoisotopic (exact) mass is 506 g/mol. The Hall–Kier alpha value is -2.98. The number of carbonyl (C=O) groups is 2.